The molecular formula is C20H21BrN4OS. The SMILES string of the molecule is CC(C)(C)c1ccc(COc2ccc(Br)cc2/C=N/n2cn[nH]c2=S)cc1. The van der Waals surface area contributed by atoms with E-state index in [1.807, 2.05) is 18.2 Å². The predicted molar refractivity (Wildman–Crippen MR) is 114 cm³/mol. The van der Waals surface area contributed by atoms with Crippen molar-refractivity contribution in [3.05, 3.63) is 74.7 Å². The van der Waals surface area contributed by atoms with Crippen molar-refractivity contribution >= 4 is 34.4 Å². The zero-order valence-electron chi connectivity index (χ0n) is 15.4. The third-order valence-corrected chi connectivity index (χ3v) is 4.81. The number of H-pyrrole nitrogens is 1. The first-order valence-corrected chi connectivity index (χ1v) is 9.71. The predicted octanol–water partition coefficient (Wildman–Crippen LogP) is 5.46. The highest BCUT2D eigenvalue weighted by molar-refractivity contribution is 9.10. The van der Waals surface area contributed by atoms with Crippen LogP contribution in [-0.2, 0) is 12.0 Å². The molecule has 2 aromatic carbocycles. The van der Waals surface area contributed by atoms with Gasteiger partial charge in [-0.2, -0.15) is 14.9 Å². The van der Waals surface area contributed by atoms with Gasteiger partial charge in [-0.3, -0.25) is 5.10 Å². The van der Waals surface area contributed by atoms with Crippen LogP contribution in [0, 0.1) is 4.77 Å². The van der Waals surface area contributed by atoms with Crippen LogP contribution >= 0.6 is 28.1 Å². The van der Waals surface area contributed by atoms with Crippen molar-refractivity contribution in [3.8, 4) is 5.75 Å². The fourth-order valence-electron chi connectivity index (χ4n) is 2.46. The molecule has 0 saturated carbocycles. The van der Waals surface area contributed by atoms with Gasteiger partial charge in [0.2, 0.25) is 4.77 Å². The summed E-state index contributed by atoms with van der Waals surface area (Å²) >= 11 is 8.59. The molecule has 0 saturated heterocycles. The van der Waals surface area contributed by atoms with Gasteiger partial charge in [0.15, 0.2) is 0 Å². The van der Waals surface area contributed by atoms with E-state index in [4.69, 9.17) is 17.0 Å². The highest BCUT2D eigenvalue weighted by atomic mass is 79.9. The van der Waals surface area contributed by atoms with Crippen molar-refractivity contribution in [2.24, 2.45) is 5.10 Å². The number of nitrogens with zero attached hydrogens (tertiary/aromatic N) is 3. The minimum Gasteiger partial charge on any atom is -0.488 e. The molecule has 0 bridgehead atoms. The summed E-state index contributed by atoms with van der Waals surface area (Å²) in [4.78, 5) is 0. The number of aromatic nitrogens is 3. The average molecular weight is 445 g/mol. The van der Waals surface area contributed by atoms with Crippen molar-refractivity contribution in [2.45, 2.75) is 32.8 Å². The molecule has 1 heterocycles. The van der Waals surface area contributed by atoms with Gasteiger partial charge in [-0.05, 0) is 47.0 Å². The molecule has 0 aliphatic heterocycles. The summed E-state index contributed by atoms with van der Waals surface area (Å²) < 4.78 is 8.90. The van der Waals surface area contributed by atoms with Gasteiger partial charge in [0, 0.05) is 10.0 Å². The van der Waals surface area contributed by atoms with Gasteiger partial charge in [-0.1, -0.05) is 61.0 Å². The molecule has 0 unspecified atom stereocenters. The van der Waals surface area contributed by atoms with Crippen molar-refractivity contribution in [3.63, 3.8) is 0 Å². The molecular weight excluding hydrogens is 424 g/mol. The molecule has 3 rings (SSSR count). The molecule has 0 aliphatic carbocycles. The number of rotatable bonds is 5. The minimum atomic E-state index is 0.142. The quantitative estimate of drug-likeness (QED) is 0.419. The van der Waals surface area contributed by atoms with Crippen molar-refractivity contribution < 1.29 is 4.74 Å². The van der Waals surface area contributed by atoms with Crippen LogP contribution in [0.5, 0.6) is 5.75 Å². The maximum absolute atomic E-state index is 6.03. The Kier molecular flexibility index (Phi) is 5.92. The first-order chi connectivity index (χ1) is 12.8. The second-order valence-corrected chi connectivity index (χ2v) is 8.47. The summed E-state index contributed by atoms with van der Waals surface area (Å²) in [6.45, 7) is 7.10. The number of nitrogens with one attached hydrogen (secondary N) is 1. The fourth-order valence-corrected chi connectivity index (χ4v) is 2.99. The fraction of sp³-hybridized carbons (Fsp3) is 0.250. The van der Waals surface area contributed by atoms with E-state index >= 15 is 0 Å². The lowest BCUT2D eigenvalue weighted by molar-refractivity contribution is 0.305. The second kappa shape index (κ2) is 8.19. The lowest BCUT2D eigenvalue weighted by atomic mass is 9.87. The largest absolute Gasteiger partial charge is 0.488 e. The van der Waals surface area contributed by atoms with Gasteiger partial charge in [-0.25, -0.2) is 0 Å². The Bertz CT molecular complexity index is 1000. The maximum atomic E-state index is 6.03. The topological polar surface area (TPSA) is 55.2 Å². The Morgan fingerprint density at radius 2 is 1.96 bits per heavy atom. The molecule has 0 radical (unpaired) electrons. The molecule has 0 atom stereocenters. The van der Waals surface area contributed by atoms with Crippen LogP contribution in [0.1, 0.15) is 37.5 Å². The van der Waals surface area contributed by atoms with E-state index in [0.29, 0.717) is 11.4 Å². The number of hydrogen-bond acceptors (Lipinski definition) is 4. The van der Waals surface area contributed by atoms with Crippen LogP contribution < -0.4 is 4.74 Å². The Morgan fingerprint density at radius 1 is 1.22 bits per heavy atom. The van der Waals surface area contributed by atoms with E-state index in [-0.39, 0.29) is 5.41 Å². The molecule has 140 valence electrons. The summed E-state index contributed by atoms with van der Waals surface area (Å²) in [7, 11) is 0. The molecule has 0 aliphatic rings. The molecule has 27 heavy (non-hydrogen) atoms. The van der Waals surface area contributed by atoms with Gasteiger partial charge in [0.05, 0.1) is 6.21 Å². The van der Waals surface area contributed by atoms with E-state index in [1.165, 1.54) is 16.6 Å². The number of ether oxygens (including phenoxy) is 1. The molecule has 1 aromatic heterocycles. The van der Waals surface area contributed by atoms with Crippen molar-refractivity contribution in [1.29, 1.82) is 0 Å². The number of benzene rings is 2. The molecule has 0 amide bonds. The van der Waals surface area contributed by atoms with Gasteiger partial charge >= 0.3 is 0 Å². The Labute approximate surface area is 172 Å². The van der Waals surface area contributed by atoms with E-state index in [2.05, 4.69) is 76.3 Å². The van der Waals surface area contributed by atoms with Crippen LogP contribution in [0.25, 0.3) is 0 Å². The highest BCUT2D eigenvalue weighted by Gasteiger charge is 2.13. The molecule has 0 spiro atoms. The lowest BCUT2D eigenvalue weighted by Crippen LogP contribution is -2.10. The number of halogens is 1. The van der Waals surface area contributed by atoms with Gasteiger partial charge in [-0.15, -0.1) is 0 Å². The molecule has 5 nitrogen and oxygen atoms in total. The maximum Gasteiger partial charge on any atom is 0.216 e. The first kappa shape index (κ1) is 19.5. The van der Waals surface area contributed by atoms with E-state index < -0.39 is 0 Å². The smallest absolute Gasteiger partial charge is 0.216 e. The van der Waals surface area contributed by atoms with E-state index in [0.717, 1.165) is 21.3 Å². The molecule has 1 N–H and O–H groups in total. The monoisotopic (exact) mass is 444 g/mol. The molecule has 7 heteroatoms. The lowest BCUT2D eigenvalue weighted by Gasteiger charge is -2.19. The second-order valence-electron chi connectivity index (χ2n) is 7.17. The summed E-state index contributed by atoms with van der Waals surface area (Å²) in [5.41, 5.74) is 3.41. The third kappa shape index (κ3) is 5.14. The van der Waals surface area contributed by atoms with Gasteiger partial charge < -0.3 is 4.74 Å². The Hall–Kier alpha value is -2.25. The Morgan fingerprint density at radius 3 is 2.59 bits per heavy atom. The minimum absolute atomic E-state index is 0.142. The number of aromatic amines is 1. The van der Waals surface area contributed by atoms with Gasteiger partial charge in [0.25, 0.3) is 0 Å². The van der Waals surface area contributed by atoms with E-state index in [9.17, 15) is 0 Å². The van der Waals surface area contributed by atoms with Crippen LogP contribution in [0.3, 0.4) is 0 Å². The summed E-state index contributed by atoms with van der Waals surface area (Å²) in [5, 5.41) is 10.8. The standard InChI is InChI=1S/C20H21BrN4OS/c1-20(2,3)16-6-4-14(5-7-16)12-26-18-9-8-17(21)10-15(18)11-23-25-13-22-24-19(25)27/h4-11,13H,12H2,1-3H3,(H,24,27)/b23-11+. The van der Waals surface area contributed by atoms with Crippen LogP contribution in [0.4, 0.5) is 0 Å². The van der Waals surface area contributed by atoms with Crippen molar-refractivity contribution in [2.75, 3.05) is 0 Å². The van der Waals surface area contributed by atoms with Crippen molar-refractivity contribution in [1.82, 2.24) is 14.9 Å². The Balaban J connectivity index is 1.76. The van der Waals surface area contributed by atoms with Crippen LogP contribution in [0.2, 0.25) is 0 Å². The summed E-state index contributed by atoms with van der Waals surface area (Å²) in [6, 6.07) is 14.3. The summed E-state index contributed by atoms with van der Waals surface area (Å²) in [6.07, 6.45) is 3.22. The zero-order valence-corrected chi connectivity index (χ0v) is 17.8. The summed E-state index contributed by atoms with van der Waals surface area (Å²) in [5.74, 6) is 0.747. The number of hydrogen-bond donors (Lipinski definition) is 1. The third-order valence-electron chi connectivity index (χ3n) is 4.04. The average Bonchev–Trinajstić information content (AvgIpc) is 3.03. The highest BCUT2D eigenvalue weighted by Crippen LogP contribution is 2.25. The normalized spacial score (nSPS) is 11.9. The first-order valence-electron chi connectivity index (χ1n) is 8.51. The van der Waals surface area contributed by atoms with Gasteiger partial charge in [0.1, 0.15) is 18.7 Å². The van der Waals surface area contributed by atoms with Crippen LogP contribution in [0.15, 0.2) is 58.4 Å². The van der Waals surface area contributed by atoms with Crippen LogP contribution in [-0.4, -0.2) is 21.1 Å². The zero-order chi connectivity index (χ0) is 19.4. The van der Waals surface area contributed by atoms with E-state index in [1.54, 1.807) is 6.21 Å². The molecule has 3 aromatic rings. The molecule has 0 fully saturated rings.